The van der Waals surface area contributed by atoms with Gasteiger partial charge in [0.15, 0.2) is 0 Å². The third-order valence-electron chi connectivity index (χ3n) is 3.25. The number of fused-ring (bicyclic) bond motifs is 1. The van der Waals surface area contributed by atoms with Crippen molar-refractivity contribution in [2.75, 3.05) is 11.7 Å². The Hall–Kier alpha value is -2.59. The van der Waals surface area contributed by atoms with Gasteiger partial charge in [0.25, 0.3) is 5.91 Å². The minimum atomic E-state index is -0.175. The molecule has 1 amide bonds. The van der Waals surface area contributed by atoms with Gasteiger partial charge in [0.05, 0.1) is 12.3 Å². The van der Waals surface area contributed by atoms with Gasteiger partial charge in [0, 0.05) is 22.7 Å². The molecule has 0 aliphatic carbocycles. The number of hydrogen-bond acceptors (Lipinski definition) is 2. The van der Waals surface area contributed by atoms with Crippen molar-refractivity contribution in [3.63, 3.8) is 0 Å². The molecule has 3 rings (SSSR count). The maximum Gasteiger partial charge on any atom is 0.282 e. The van der Waals surface area contributed by atoms with Gasteiger partial charge in [-0.25, -0.2) is 0 Å². The molecular formula is C17H16N2O2. The van der Waals surface area contributed by atoms with Crippen molar-refractivity contribution in [3.05, 3.63) is 66.4 Å². The first kappa shape index (κ1) is 13.4. The molecular weight excluding hydrogens is 264 g/mol. The van der Waals surface area contributed by atoms with Gasteiger partial charge in [-0.2, -0.15) is 5.06 Å². The van der Waals surface area contributed by atoms with Crippen molar-refractivity contribution >= 4 is 22.5 Å². The normalized spacial score (nSPS) is 10.7. The molecule has 2 aromatic carbocycles. The summed E-state index contributed by atoms with van der Waals surface area (Å²) in [6, 6.07) is 16.8. The van der Waals surface area contributed by atoms with Crippen LogP contribution in [0.2, 0.25) is 0 Å². The van der Waals surface area contributed by atoms with Crippen molar-refractivity contribution in [2.24, 2.45) is 0 Å². The summed E-state index contributed by atoms with van der Waals surface area (Å²) < 4.78 is 0. The molecule has 0 unspecified atom stereocenters. The molecule has 0 fully saturated rings. The van der Waals surface area contributed by atoms with E-state index in [1.165, 1.54) is 5.06 Å². The number of hydroxylamine groups is 1. The molecule has 0 saturated carbocycles. The average Bonchev–Trinajstić information content (AvgIpc) is 3.01. The van der Waals surface area contributed by atoms with Crippen LogP contribution in [0.4, 0.5) is 5.69 Å². The molecule has 1 N–H and O–H groups in total. The average molecular weight is 280 g/mol. The van der Waals surface area contributed by atoms with Gasteiger partial charge in [0.1, 0.15) is 0 Å². The third-order valence-corrected chi connectivity index (χ3v) is 3.25. The minimum absolute atomic E-state index is 0.175. The van der Waals surface area contributed by atoms with Crippen LogP contribution in [0.5, 0.6) is 0 Å². The Kier molecular flexibility index (Phi) is 3.71. The summed E-state index contributed by atoms with van der Waals surface area (Å²) in [5.41, 5.74) is 2.31. The zero-order valence-electron chi connectivity index (χ0n) is 11.7. The molecule has 1 heterocycles. The van der Waals surface area contributed by atoms with Crippen molar-refractivity contribution in [2.45, 2.75) is 6.92 Å². The number of anilines is 1. The first-order valence-corrected chi connectivity index (χ1v) is 6.90. The lowest BCUT2D eigenvalue weighted by atomic mass is 10.1. The van der Waals surface area contributed by atoms with Crippen LogP contribution < -0.4 is 5.06 Å². The van der Waals surface area contributed by atoms with Crippen molar-refractivity contribution < 1.29 is 9.63 Å². The Morgan fingerprint density at radius 1 is 1.10 bits per heavy atom. The van der Waals surface area contributed by atoms with Crippen molar-refractivity contribution in [1.82, 2.24) is 4.98 Å². The van der Waals surface area contributed by atoms with E-state index >= 15 is 0 Å². The van der Waals surface area contributed by atoms with Crippen LogP contribution in [0.25, 0.3) is 10.9 Å². The van der Waals surface area contributed by atoms with E-state index in [9.17, 15) is 4.79 Å². The molecule has 106 valence electrons. The summed E-state index contributed by atoms with van der Waals surface area (Å²) in [5, 5.41) is 2.32. The highest BCUT2D eigenvalue weighted by Crippen LogP contribution is 2.27. The van der Waals surface area contributed by atoms with E-state index in [1.54, 1.807) is 12.1 Å². The second-order valence-corrected chi connectivity index (χ2v) is 4.60. The first-order valence-electron chi connectivity index (χ1n) is 6.90. The molecule has 0 aliphatic rings. The number of nitrogens with one attached hydrogen (secondary N) is 1. The minimum Gasteiger partial charge on any atom is -0.361 e. The van der Waals surface area contributed by atoms with Gasteiger partial charge in [-0.15, -0.1) is 0 Å². The van der Waals surface area contributed by atoms with Crippen LogP contribution >= 0.6 is 0 Å². The summed E-state index contributed by atoms with van der Waals surface area (Å²) in [6.07, 6.45) is 1.85. The number of aromatic amines is 1. The lowest BCUT2D eigenvalue weighted by Crippen LogP contribution is -2.31. The smallest absolute Gasteiger partial charge is 0.282 e. The highest BCUT2D eigenvalue weighted by Gasteiger charge is 2.20. The number of benzene rings is 2. The quantitative estimate of drug-likeness (QED) is 0.739. The lowest BCUT2D eigenvalue weighted by Gasteiger charge is -2.22. The summed E-state index contributed by atoms with van der Waals surface area (Å²) in [7, 11) is 0. The molecule has 0 bridgehead atoms. The Labute approximate surface area is 122 Å². The van der Waals surface area contributed by atoms with Crippen LogP contribution in [0.1, 0.15) is 17.3 Å². The monoisotopic (exact) mass is 280 g/mol. The number of rotatable bonds is 4. The van der Waals surface area contributed by atoms with E-state index in [0.717, 1.165) is 16.6 Å². The van der Waals surface area contributed by atoms with E-state index in [4.69, 9.17) is 4.84 Å². The molecule has 1 aromatic heterocycles. The Balaban J connectivity index is 2.06. The number of carbonyl (C=O) groups excluding carboxylic acids is 1. The predicted octanol–water partition coefficient (Wildman–Crippen LogP) is 3.77. The molecule has 4 heteroatoms. The Bertz CT molecular complexity index is 750. The zero-order chi connectivity index (χ0) is 14.7. The molecule has 21 heavy (non-hydrogen) atoms. The summed E-state index contributed by atoms with van der Waals surface area (Å²) in [4.78, 5) is 21.4. The number of aromatic nitrogens is 1. The van der Waals surface area contributed by atoms with Crippen LogP contribution in [0.15, 0.2) is 60.8 Å². The number of carbonyl (C=O) groups is 1. The van der Waals surface area contributed by atoms with Gasteiger partial charge in [-0.1, -0.05) is 24.3 Å². The van der Waals surface area contributed by atoms with Crippen LogP contribution in [-0.4, -0.2) is 17.5 Å². The maximum atomic E-state index is 12.7. The van der Waals surface area contributed by atoms with Gasteiger partial charge >= 0.3 is 0 Å². The van der Waals surface area contributed by atoms with E-state index in [1.807, 2.05) is 55.6 Å². The van der Waals surface area contributed by atoms with Crippen LogP contribution in [0.3, 0.4) is 0 Å². The van der Waals surface area contributed by atoms with Gasteiger partial charge in [0.2, 0.25) is 0 Å². The largest absolute Gasteiger partial charge is 0.361 e. The molecule has 4 nitrogen and oxygen atoms in total. The number of nitrogens with zero attached hydrogens (tertiary/aromatic N) is 1. The fraction of sp³-hybridized carbons (Fsp3) is 0.118. The van der Waals surface area contributed by atoms with Gasteiger partial charge in [-0.05, 0) is 37.3 Å². The third kappa shape index (κ3) is 2.53. The van der Waals surface area contributed by atoms with Gasteiger partial charge < -0.3 is 4.98 Å². The molecule has 0 atom stereocenters. The maximum absolute atomic E-state index is 12.7. The van der Waals surface area contributed by atoms with Crippen molar-refractivity contribution in [3.8, 4) is 0 Å². The molecule has 0 aliphatic heterocycles. The van der Waals surface area contributed by atoms with Crippen LogP contribution in [0, 0.1) is 0 Å². The van der Waals surface area contributed by atoms with E-state index < -0.39 is 0 Å². The second kappa shape index (κ2) is 5.81. The highest BCUT2D eigenvalue weighted by molar-refractivity contribution is 6.09. The number of hydrogen-bond donors (Lipinski definition) is 1. The second-order valence-electron chi connectivity index (χ2n) is 4.60. The summed E-state index contributed by atoms with van der Waals surface area (Å²) >= 11 is 0. The lowest BCUT2D eigenvalue weighted by molar-refractivity contribution is 0.0682. The predicted molar refractivity (Wildman–Crippen MR) is 83.2 cm³/mol. The van der Waals surface area contributed by atoms with Crippen molar-refractivity contribution in [1.29, 1.82) is 0 Å². The standard InChI is InChI=1S/C17H16N2O2/c1-2-21-19(17(20)13-7-4-3-5-8-13)16-10-6-9-15-14(16)11-12-18-15/h3-12,18H,2H2,1H3. The number of H-pyrrole nitrogens is 1. The zero-order valence-corrected chi connectivity index (χ0v) is 11.7. The summed E-state index contributed by atoms with van der Waals surface area (Å²) in [5.74, 6) is -0.175. The van der Waals surface area contributed by atoms with E-state index in [-0.39, 0.29) is 5.91 Å². The fourth-order valence-corrected chi connectivity index (χ4v) is 2.31. The highest BCUT2D eigenvalue weighted by atomic mass is 16.7. The Morgan fingerprint density at radius 3 is 2.67 bits per heavy atom. The Morgan fingerprint density at radius 2 is 1.90 bits per heavy atom. The fourth-order valence-electron chi connectivity index (χ4n) is 2.31. The van der Waals surface area contributed by atoms with E-state index in [2.05, 4.69) is 4.98 Å². The number of amides is 1. The van der Waals surface area contributed by atoms with E-state index in [0.29, 0.717) is 12.2 Å². The first-order chi connectivity index (χ1) is 10.3. The summed E-state index contributed by atoms with van der Waals surface area (Å²) in [6.45, 7) is 2.28. The SMILES string of the molecule is CCON(C(=O)c1ccccc1)c1cccc2[nH]ccc12. The molecule has 0 saturated heterocycles. The molecule has 0 radical (unpaired) electrons. The van der Waals surface area contributed by atoms with Gasteiger partial charge in [-0.3, -0.25) is 9.63 Å². The van der Waals surface area contributed by atoms with Crippen LogP contribution in [-0.2, 0) is 4.84 Å². The topological polar surface area (TPSA) is 45.3 Å². The molecule has 0 spiro atoms. The molecule has 3 aromatic rings.